The minimum Gasteiger partial charge on any atom is -0.495 e. The molecule has 0 fully saturated rings. The number of methoxy groups -OCH3 is 1. The number of carboxylic acid groups (broad SMARTS) is 1. The van der Waals surface area contributed by atoms with Crippen LogP contribution in [-0.2, 0) is 4.79 Å². The van der Waals surface area contributed by atoms with Crippen LogP contribution < -0.4 is 10.1 Å². The molecule has 0 atom stereocenters. The summed E-state index contributed by atoms with van der Waals surface area (Å²) in [7, 11) is 1.56. The standard InChI is InChI=1S/C12H14ClNO3/c1-8(5-12(15)16)7-14-10-6-9(13)3-4-11(10)17-2/h3-6,14H,7H2,1-2H3,(H,15,16)/b8-5+. The number of carboxylic acids is 1. The predicted molar refractivity (Wildman–Crippen MR) is 67.9 cm³/mol. The average molecular weight is 256 g/mol. The molecular formula is C12H14ClNO3. The van der Waals surface area contributed by atoms with E-state index in [1.807, 2.05) is 0 Å². The Balaban J connectivity index is 2.74. The number of hydrogen-bond donors (Lipinski definition) is 2. The van der Waals surface area contributed by atoms with Gasteiger partial charge in [-0.3, -0.25) is 0 Å². The SMILES string of the molecule is COc1ccc(Cl)cc1NC/C(C)=C/C(=O)O. The van der Waals surface area contributed by atoms with E-state index >= 15 is 0 Å². The summed E-state index contributed by atoms with van der Waals surface area (Å²) in [6.45, 7) is 2.15. The van der Waals surface area contributed by atoms with Crippen LogP contribution >= 0.6 is 11.6 Å². The fourth-order valence-corrected chi connectivity index (χ4v) is 1.49. The Hall–Kier alpha value is -1.68. The van der Waals surface area contributed by atoms with Gasteiger partial charge in [0.1, 0.15) is 5.75 Å². The van der Waals surface area contributed by atoms with E-state index in [-0.39, 0.29) is 0 Å². The summed E-state index contributed by atoms with van der Waals surface area (Å²) >= 11 is 5.87. The van der Waals surface area contributed by atoms with Crippen LogP contribution in [0.15, 0.2) is 29.8 Å². The van der Waals surface area contributed by atoms with Crippen molar-refractivity contribution < 1.29 is 14.6 Å². The summed E-state index contributed by atoms with van der Waals surface area (Å²) in [5.41, 5.74) is 1.44. The van der Waals surface area contributed by atoms with Crippen LogP contribution in [0.1, 0.15) is 6.92 Å². The number of benzene rings is 1. The highest BCUT2D eigenvalue weighted by molar-refractivity contribution is 6.30. The third-order valence-electron chi connectivity index (χ3n) is 2.09. The van der Waals surface area contributed by atoms with E-state index in [1.165, 1.54) is 0 Å². The second-order valence-corrected chi connectivity index (χ2v) is 3.96. The van der Waals surface area contributed by atoms with Crippen molar-refractivity contribution >= 4 is 23.3 Å². The summed E-state index contributed by atoms with van der Waals surface area (Å²) in [6, 6.07) is 5.21. The van der Waals surface area contributed by atoms with E-state index in [0.29, 0.717) is 22.9 Å². The summed E-state index contributed by atoms with van der Waals surface area (Å²) in [5.74, 6) is -0.292. The molecule has 0 aliphatic rings. The molecule has 1 aromatic rings. The van der Waals surface area contributed by atoms with Gasteiger partial charge in [0.15, 0.2) is 0 Å². The molecule has 0 aromatic heterocycles. The minimum absolute atomic E-state index is 0.420. The van der Waals surface area contributed by atoms with E-state index in [2.05, 4.69) is 5.32 Å². The first kappa shape index (κ1) is 13.4. The van der Waals surface area contributed by atoms with Crippen LogP contribution in [0.2, 0.25) is 5.02 Å². The second-order valence-electron chi connectivity index (χ2n) is 3.53. The van der Waals surface area contributed by atoms with E-state index in [1.54, 1.807) is 32.2 Å². The van der Waals surface area contributed by atoms with Crippen LogP contribution in [0, 0.1) is 0 Å². The van der Waals surface area contributed by atoms with Crippen LogP contribution in [0.3, 0.4) is 0 Å². The molecule has 0 aliphatic heterocycles. The summed E-state index contributed by atoms with van der Waals surface area (Å²) in [5, 5.41) is 12.2. The fraction of sp³-hybridized carbons (Fsp3) is 0.250. The van der Waals surface area contributed by atoms with Gasteiger partial charge in [0.05, 0.1) is 12.8 Å². The molecule has 1 rings (SSSR count). The Labute approximate surface area is 105 Å². The quantitative estimate of drug-likeness (QED) is 0.795. The van der Waals surface area contributed by atoms with Crippen molar-refractivity contribution in [2.45, 2.75) is 6.92 Å². The summed E-state index contributed by atoms with van der Waals surface area (Å²) in [6.07, 6.45) is 1.16. The monoisotopic (exact) mass is 255 g/mol. The number of aliphatic carboxylic acids is 1. The lowest BCUT2D eigenvalue weighted by molar-refractivity contribution is -0.131. The van der Waals surface area contributed by atoms with Crippen molar-refractivity contribution in [3.63, 3.8) is 0 Å². The molecular weight excluding hydrogens is 242 g/mol. The Morgan fingerprint density at radius 3 is 2.88 bits per heavy atom. The van der Waals surface area contributed by atoms with Gasteiger partial charge in [0.2, 0.25) is 0 Å². The maximum absolute atomic E-state index is 10.4. The number of ether oxygens (including phenoxy) is 1. The lowest BCUT2D eigenvalue weighted by Gasteiger charge is -2.11. The zero-order chi connectivity index (χ0) is 12.8. The molecule has 2 N–H and O–H groups in total. The van der Waals surface area contributed by atoms with Gasteiger partial charge in [-0.2, -0.15) is 0 Å². The van der Waals surface area contributed by atoms with E-state index in [0.717, 1.165) is 11.8 Å². The van der Waals surface area contributed by atoms with Crippen LogP contribution in [0.4, 0.5) is 5.69 Å². The predicted octanol–water partition coefficient (Wildman–Crippen LogP) is 2.79. The summed E-state index contributed by atoms with van der Waals surface area (Å²) in [4.78, 5) is 10.4. The number of halogens is 1. The first-order valence-electron chi connectivity index (χ1n) is 5.00. The van der Waals surface area contributed by atoms with Gasteiger partial charge in [-0.1, -0.05) is 11.6 Å². The van der Waals surface area contributed by atoms with Crippen molar-refractivity contribution in [1.82, 2.24) is 0 Å². The fourth-order valence-electron chi connectivity index (χ4n) is 1.31. The largest absolute Gasteiger partial charge is 0.495 e. The molecule has 0 unspecified atom stereocenters. The van der Waals surface area contributed by atoms with E-state index < -0.39 is 5.97 Å². The van der Waals surface area contributed by atoms with E-state index in [4.69, 9.17) is 21.4 Å². The van der Waals surface area contributed by atoms with E-state index in [9.17, 15) is 4.79 Å². The van der Waals surface area contributed by atoms with Gasteiger partial charge in [0.25, 0.3) is 0 Å². The van der Waals surface area contributed by atoms with Crippen LogP contribution in [-0.4, -0.2) is 24.7 Å². The van der Waals surface area contributed by atoms with Crippen molar-refractivity contribution in [3.8, 4) is 5.75 Å². The Bertz CT molecular complexity index is 443. The number of carbonyl (C=O) groups is 1. The maximum atomic E-state index is 10.4. The Kier molecular flexibility index (Phi) is 4.84. The third-order valence-corrected chi connectivity index (χ3v) is 2.32. The Morgan fingerprint density at radius 2 is 2.29 bits per heavy atom. The first-order valence-corrected chi connectivity index (χ1v) is 5.38. The molecule has 0 aliphatic carbocycles. The molecule has 0 heterocycles. The molecule has 4 nitrogen and oxygen atoms in total. The molecule has 1 aromatic carbocycles. The number of anilines is 1. The number of nitrogens with one attached hydrogen (secondary N) is 1. The highest BCUT2D eigenvalue weighted by atomic mass is 35.5. The first-order chi connectivity index (χ1) is 8.02. The lowest BCUT2D eigenvalue weighted by Crippen LogP contribution is -2.05. The number of rotatable bonds is 5. The molecule has 0 spiro atoms. The normalized spacial score (nSPS) is 11.1. The minimum atomic E-state index is -0.956. The highest BCUT2D eigenvalue weighted by Gasteiger charge is 2.03. The van der Waals surface area contributed by atoms with Gasteiger partial charge in [-0.05, 0) is 30.7 Å². The Morgan fingerprint density at radius 1 is 1.59 bits per heavy atom. The summed E-state index contributed by atoms with van der Waals surface area (Å²) < 4.78 is 5.16. The molecule has 0 saturated carbocycles. The molecule has 17 heavy (non-hydrogen) atoms. The zero-order valence-electron chi connectivity index (χ0n) is 9.66. The molecule has 5 heteroatoms. The molecule has 0 amide bonds. The molecule has 0 bridgehead atoms. The van der Waals surface area contributed by atoms with Crippen molar-refractivity contribution in [2.24, 2.45) is 0 Å². The van der Waals surface area contributed by atoms with Crippen molar-refractivity contribution in [3.05, 3.63) is 34.9 Å². The van der Waals surface area contributed by atoms with Gasteiger partial charge < -0.3 is 15.2 Å². The van der Waals surface area contributed by atoms with Gasteiger partial charge in [-0.25, -0.2) is 4.79 Å². The zero-order valence-corrected chi connectivity index (χ0v) is 10.4. The van der Waals surface area contributed by atoms with Crippen LogP contribution in [0.5, 0.6) is 5.75 Å². The third kappa shape index (κ3) is 4.36. The topological polar surface area (TPSA) is 58.6 Å². The smallest absolute Gasteiger partial charge is 0.328 e. The van der Waals surface area contributed by atoms with Crippen molar-refractivity contribution in [1.29, 1.82) is 0 Å². The number of hydrogen-bond acceptors (Lipinski definition) is 3. The lowest BCUT2D eigenvalue weighted by atomic mass is 10.2. The maximum Gasteiger partial charge on any atom is 0.328 e. The van der Waals surface area contributed by atoms with Crippen LogP contribution in [0.25, 0.3) is 0 Å². The van der Waals surface area contributed by atoms with Crippen molar-refractivity contribution in [2.75, 3.05) is 19.0 Å². The van der Waals surface area contributed by atoms with Gasteiger partial charge in [0, 0.05) is 17.6 Å². The molecule has 92 valence electrons. The average Bonchev–Trinajstić information content (AvgIpc) is 2.25. The van der Waals surface area contributed by atoms with Gasteiger partial charge >= 0.3 is 5.97 Å². The van der Waals surface area contributed by atoms with Gasteiger partial charge in [-0.15, -0.1) is 0 Å². The highest BCUT2D eigenvalue weighted by Crippen LogP contribution is 2.27. The second kappa shape index (κ2) is 6.15. The molecule has 0 radical (unpaired) electrons. The molecule has 0 saturated heterocycles.